The Morgan fingerprint density at radius 1 is 1.10 bits per heavy atom. The summed E-state index contributed by atoms with van der Waals surface area (Å²) < 4.78 is 16.3. The van der Waals surface area contributed by atoms with Gasteiger partial charge >= 0.3 is 5.97 Å². The molecule has 1 aliphatic heterocycles. The van der Waals surface area contributed by atoms with E-state index in [-0.39, 0.29) is 22.7 Å². The van der Waals surface area contributed by atoms with E-state index in [1.165, 1.54) is 61.4 Å². The number of ether oxygens (including phenoxy) is 2. The van der Waals surface area contributed by atoms with Crippen molar-refractivity contribution in [2.24, 2.45) is 0 Å². The zero-order valence-electron chi connectivity index (χ0n) is 20.6. The number of nitrogens with zero attached hydrogens (tertiary/aromatic N) is 2. The molecule has 194 valence electrons. The smallest absolute Gasteiger partial charge is 0.308 e. The zero-order valence-corrected chi connectivity index (χ0v) is 21.4. The van der Waals surface area contributed by atoms with Crippen LogP contribution in [0.5, 0.6) is 11.5 Å². The molecule has 5 rings (SSSR count). The Hall–Kier alpha value is -5.07. The normalized spacial score (nSPS) is 15.0. The molecule has 1 unspecified atom stereocenters. The van der Waals surface area contributed by atoms with Crippen molar-refractivity contribution in [2.45, 2.75) is 13.0 Å². The van der Waals surface area contributed by atoms with E-state index in [1.54, 1.807) is 24.3 Å². The molecule has 0 radical (unpaired) electrons. The van der Waals surface area contributed by atoms with Crippen molar-refractivity contribution < 1.29 is 33.4 Å². The number of carbonyl (C=O) groups excluding carboxylic acids is 3. The van der Waals surface area contributed by atoms with Crippen molar-refractivity contribution >= 4 is 45.9 Å². The number of hydrogen-bond donors (Lipinski definition) is 1. The number of fused-ring (bicyclic) bond motifs is 1. The molecule has 1 aliphatic rings. The van der Waals surface area contributed by atoms with Crippen LogP contribution in [0.1, 0.15) is 34.6 Å². The minimum Gasteiger partial charge on any atom is -0.503 e. The summed E-state index contributed by atoms with van der Waals surface area (Å²) in [5.41, 5.74) is 1.10. The lowest BCUT2D eigenvalue weighted by Gasteiger charge is -2.27. The molecular formula is C29H19ClN2O7. The molecule has 0 spiro atoms. The van der Waals surface area contributed by atoms with Crippen LogP contribution in [-0.4, -0.2) is 29.9 Å². The van der Waals surface area contributed by atoms with Gasteiger partial charge in [0.15, 0.2) is 22.9 Å². The number of hydrogen-bond acceptors (Lipinski definition) is 8. The lowest BCUT2D eigenvalue weighted by atomic mass is 9.94. The van der Waals surface area contributed by atoms with Crippen LogP contribution < -0.4 is 14.4 Å². The first-order chi connectivity index (χ1) is 18.7. The Morgan fingerprint density at radius 3 is 2.51 bits per heavy atom. The van der Waals surface area contributed by atoms with Crippen LogP contribution in [0.15, 0.2) is 82.5 Å². The minimum absolute atomic E-state index is 0.150. The summed E-state index contributed by atoms with van der Waals surface area (Å²) in [6.45, 7) is 1.25. The number of furan rings is 1. The largest absolute Gasteiger partial charge is 0.503 e. The predicted molar refractivity (Wildman–Crippen MR) is 141 cm³/mol. The number of Topliss-reactive ketones (excluding diaryl/α,β-unsaturated/α-hetero) is 1. The highest BCUT2D eigenvalue weighted by Gasteiger charge is 2.45. The number of carbonyl (C=O) groups is 3. The van der Waals surface area contributed by atoms with Crippen LogP contribution >= 0.6 is 11.6 Å². The Balaban J connectivity index is 1.67. The number of anilines is 1. The van der Waals surface area contributed by atoms with Crippen LogP contribution in [0.25, 0.3) is 11.0 Å². The third-order valence-electron chi connectivity index (χ3n) is 6.15. The molecule has 1 aromatic heterocycles. The number of esters is 1. The van der Waals surface area contributed by atoms with E-state index in [9.17, 15) is 24.8 Å². The SMILES string of the molecule is COc1cc(Cl)cc2cc(C(=O)C3=C(O)C(=O)N(c4ccc(C#N)cc4)C3c3cccc(OC(C)=O)c3)oc12. The quantitative estimate of drug-likeness (QED) is 0.187. The van der Waals surface area contributed by atoms with Gasteiger partial charge in [-0.3, -0.25) is 19.3 Å². The zero-order chi connectivity index (χ0) is 27.8. The second kappa shape index (κ2) is 10.0. The van der Waals surface area contributed by atoms with Gasteiger partial charge in [-0.2, -0.15) is 5.26 Å². The molecular weight excluding hydrogens is 524 g/mol. The van der Waals surface area contributed by atoms with E-state index in [2.05, 4.69) is 0 Å². The van der Waals surface area contributed by atoms with E-state index in [1.807, 2.05) is 6.07 Å². The highest BCUT2D eigenvalue weighted by molar-refractivity contribution is 6.31. The summed E-state index contributed by atoms with van der Waals surface area (Å²) in [4.78, 5) is 40.1. The summed E-state index contributed by atoms with van der Waals surface area (Å²) in [7, 11) is 1.43. The first kappa shape index (κ1) is 25.6. The maximum atomic E-state index is 13.9. The van der Waals surface area contributed by atoms with Gasteiger partial charge in [-0.1, -0.05) is 23.7 Å². The standard InChI is InChI=1S/C29H19ClN2O7/c1-15(33)38-21-5-3-4-17(11-21)25-24(27(35)29(36)32(25)20-8-6-16(14-31)7-9-20)26(34)22-12-18-10-19(30)13-23(37-2)28(18)39-22/h3-13,25,35H,1-2H3. The van der Waals surface area contributed by atoms with Gasteiger partial charge in [0.2, 0.25) is 5.78 Å². The lowest BCUT2D eigenvalue weighted by Crippen LogP contribution is -2.31. The van der Waals surface area contributed by atoms with E-state index in [0.29, 0.717) is 33.0 Å². The van der Waals surface area contributed by atoms with Crippen LogP contribution in [0.2, 0.25) is 5.02 Å². The van der Waals surface area contributed by atoms with Gasteiger partial charge in [0, 0.05) is 29.1 Å². The molecule has 2 heterocycles. The topological polar surface area (TPSA) is 130 Å². The molecule has 0 saturated carbocycles. The molecule has 0 aliphatic carbocycles. The van der Waals surface area contributed by atoms with Gasteiger partial charge in [-0.15, -0.1) is 0 Å². The fraction of sp³-hybridized carbons (Fsp3) is 0.103. The minimum atomic E-state index is -1.12. The third-order valence-corrected chi connectivity index (χ3v) is 6.37. The molecule has 0 bridgehead atoms. The van der Waals surface area contributed by atoms with E-state index < -0.39 is 29.5 Å². The molecule has 9 nitrogen and oxygen atoms in total. The van der Waals surface area contributed by atoms with Crippen molar-refractivity contribution in [3.63, 3.8) is 0 Å². The first-order valence-corrected chi connectivity index (χ1v) is 12.0. The molecule has 0 saturated heterocycles. The van der Waals surface area contributed by atoms with E-state index >= 15 is 0 Å². The highest BCUT2D eigenvalue weighted by Crippen LogP contribution is 2.43. The van der Waals surface area contributed by atoms with Gasteiger partial charge in [0.1, 0.15) is 5.75 Å². The highest BCUT2D eigenvalue weighted by atomic mass is 35.5. The fourth-order valence-corrected chi connectivity index (χ4v) is 4.73. The summed E-state index contributed by atoms with van der Waals surface area (Å²) in [5.74, 6) is -2.55. The molecule has 1 amide bonds. The van der Waals surface area contributed by atoms with E-state index in [4.69, 9.17) is 25.5 Å². The third kappa shape index (κ3) is 4.58. The second-order valence-corrected chi connectivity index (χ2v) is 9.07. The number of rotatable bonds is 6. The maximum absolute atomic E-state index is 13.9. The molecule has 3 aromatic carbocycles. The Labute approximate surface area is 227 Å². The summed E-state index contributed by atoms with van der Waals surface area (Å²) in [6.07, 6.45) is 0. The summed E-state index contributed by atoms with van der Waals surface area (Å²) in [6, 6.07) is 17.9. The van der Waals surface area contributed by atoms with Crippen LogP contribution in [-0.2, 0) is 9.59 Å². The number of methoxy groups -OCH3 is 1. The average molecular weight is 543 g/mol. The molecule has 4 aromatic rings. The second-order valence-electron chi connectivity index (χ2n) is 8.63. The molecule has 1 N–H and O–H groups in total. The van der Waals surface area contributed by atoms with Crippen molar-refractivity contribution in [1.29, 1.82) is 5.26 Å². The number of aliphatic hydroxyl groups excluding tert-OH is 1. The molecule has 1 atom stereocenters. The fourth-order valence-electron chi connectivity index (χ4n) is 4.51. The van der Waals surface area contributed by atoms with Gasteiger partial charge in [-0.25, -0.2) is 0 Å². The number of nitriles is 1. The van der Waals surface area contributed by atoms with E-state index in [0.717, 1.165) is 0 Å². The summed E-state index contributed by atoms with van der Waals surface area (Å²) >= 11 is 6.16. The molecule has 39 heavy (non-hydrogen) atoms. The van der Waals surface area contributed by atoms with Crippen LogP contribution in [0, 0.1) is 11.3 Å². The first-order valence-electron chi connectivity index (χ1n) is 11.6. The van der Waals surface area contributed by atoms with Crippen molar-refractivity contribution in [3.05, 3.63) is 100.0 Å². The van der Waals surface area contributed by atoms with Gasteiger partial charge in [-0.05, 0) is 54.1 Å². The summed E-state index contributed by atoms with van der Waals surface area (Å²) in [5, 5.41) is 21.1. The Bertz CT molecular complexity index is 1730. The number of aliphatic hydroxyl groups is 1. The predicted octanol–water partition coefficient (Wildman–Crippen LogP) is 5.67. The number of amides is 1. The van der Waals surface area contributed by atoms with Crippen molar-refractivity contribution in [3.8, 4) is 17.6 Å². The van der Waals surface area contributed by atoms with Crippen molar-refractivity contribution in [1.82, 2.24) is 0 Å². The van der Waals surface area contributed by atoms with Gasteiger partial charge in [0.05, 0.1) is 30.4 Å². The Morgan fingerprint density at radius 2 is 1.85 bits per heavy atom. The monoisotopic (exact) mass is 542 g/mol. The number of ketones is 1. The molecule has 0 fully saturated rings. The van der Waals surface area contributed by atoms with Gasteiger partial charge < -0.3 is 19.0 Å². The molecule has 10 heteroatoms. The van der Waals surface area contributed by atoms with Crippen LogP contribution in [0.3, 0.4) is 0 Å². The number of benzene rings is 3. The van der Waals surface area contributed by atoms with Crippen LogP contribution in [0.4, 0.5) is 5.69 Å². The maximum Gasteiger partial charge on any atom is 0.308 e. The Kier molecular flexibility index (Phi) is 6.56. The number of halogens is 1. The lowest BCUT2D eigenvalue weighted by molar-refractivity contribution is -0.131. The van der Waals surface area contributed by atoms with Crippen molar-refractivity contribution in [2.75, 3.05) is 12.0 Å². The average Bonchev–Trinajstić information content (AvgIpc) is 3.46. The van der Waals surface area contributed by atoms with Gasteiger partial charge in [0.25, 0.3) is 5.91 Å².